The van der Waals surface area contributed by atoms with Crippen LogP contribution >= 0.6 is 0 Å². The minimum Gasteiger partial charge on any atom is -0.493 e. The molecule has 0 aromatic heterocycles. The molecule has 0 heterocycles. The first kappa shape index (κ1) is 14.7. The number of para-hydroxylation sites is 1. The quantitative estimate of drug-likeness (QED) is 0.822. The van der Waals surface area contributed by atoms with E-state index in [0.717, 1.165) is 0 Å². The van der Waals surface area contributed by atoms with Crippen LogP contribution in [0.25, 0.3) is 0 Å². The molecule has 5 nitrogen and oxygen atoms in total. The topological polar surface area (TPSA) is 88.5 Å². The van der Waals surface area contributed by atoms with Crippen molar-refractivity contribution in [1.82, 2.24) is 0 Å². The van der Waals surface area contributed by atoms with Gasteiger partial charge in [-0.15, -0.1) is 0 Å². The van der Waals surface area contributed by atoms with E-state index in [2.05, 4.69) is 0 Å². The fourth-order valence-electron chi connectivity index (χ4n) is 1.93. The average Bonchev–Trinajstić information content (AvgIpc) is 2.52. The molecule has 0 amide bonds. The predicted octanol–water partition coefficient (Wildman–Crippen LogP) is 2.26. The molecule has 3 N–H and O–H groups in total. The predicted molar refractivity (Wildman–Crippen MR) is 79.0 cm³/mol. The van der Waals surface area contributed by atoms with Gasteiger partial charge in [0, 0.05) is 17.3 Å². The number of nitrogen functional groups attached to an aromatic ring is 1. The van der Waals surface area contributed by atoms with Crippen LogP contribution in [0.2, 0.25) is 0 Å². The van der Waals surface area contributed by atoms with Crippen molar-refractivity contribution in [3.8, 4) is 17.6 Å². The molecule has 1 unspecified atom stereocenters. The number of benzene rings is 2. The van der Waals surface area contributed by atoms with Gasteiger partial charge in [-0.1, -0.05) is 18.2 Å². The molecule has 0 aliphatic heterocycles. The van der Waals surface area contributed by atoms with E-state index in [1.165, 1.54) is 7.11 Å². The molecule has 108 valence electrons. The van der Waals surface area contributed by atoms with Crippen molar-refractivity contribution in [3.05, 3.63) is 53.6 Å². The fraction of sp³-hybridized carbons (Fsp3) is 0.188. The zero-order valence-corrected chi connectivity index (χ0v) is 11.6. The molecule has 0 bridgehead atoms. The zero-order chi connectivity index (χ0) is 15.2. The van der Waals surface area contributed by atoms with Crippen LogP contribution < -0.4 is 15.2 Å². The highest BCUT2D eigenvalue weighted by atomic mass is 16.5. The normalized spacial score (nSPS) is 11.5. The molecule has 1 atom stereocenters. The second kappa shape index (κ2) is 6.64. The monoisotopic (exact) mass is 284 g/mol. The Bertz CT molecular complexity index is 665. The lowest BCUT2D eigenvalue weighted by molar-refractivity contribution is 0.107. The number of aliphatic hydroxyl groups excluding tert-OH is 1. The number of hydrogen-bond donors (Lipinski definition) is 2. The first-order valence-corrected chi connectivity index (χ1v) is 6.39. The van der Waals surface area contributed by atoms with Gasteiger partial charge >= 0.3 is 0 Å². The van der Waals surface area contributed by atoms with Gasteiger partial charge in [-0.25, -0.2) is 0 Å². The van der Waals surface area contributed by atoms with E-state index in [0.29, 0.717) is 28.3 Å². The summed E-state index contributed by atoms with van der Waals surface area (Å²) >= 11 is 0. The maximum atomic E-state index is 10.1. The van der Waals surface area contributed by atoms with Gasteiger partial charge in [-0.3, -0.25) is 0 Å². The van der Waals surface area contributed by atoms with Crippen LogP contribution in [0.3, 0.4) is 0 Å². The van der Waals surface area contributed by atoms with Gasteiger partial charge in [0.25, 0.3) is 0 Å². The lowest BCUT2D eigenvalue weighted by Crippen LogP contribution is -2.12. The lowest BCUT2D eigenvalue weighted by atomic mass is 10.1. The standard InChI is InChI=1S/C16H16N2O3/c1-20-16-8-11(9-17)6-7-15(16)21-10-14(19)12-4-2-3-5-13(12)18/h2-8,14,19H,10,18H2,1H3. The van der Waals surface area contributed by atoms with Crippen molar-refractivity contribution in [2.75, 3.05) is 19.5 Å². The summed E-state index contributed by atoms with van der Waals surface area (Å²) in [6.45, 7) is 0.0382. The van der Waals surface area contributed by atoms with Crippen molar-refractivity contribution in [1.29, 1.82) is 5.26 Å². The summed E-state index contributed by atoms with van der Waals surface area (Å²) in [6, 6.07) is 13.9. The van der Waals surface area contributed by atoms with Gasteiger partial charge in [-0.05, 0) is 18.2 Å². The lowest BCUT2D eigenvalue weighted by Gasteiger charge is -2.16. The van der Waals surface area contributed by atoms with Gasteiger partial charge in [-0.2, -0.15) is 5.26 Å². The summed E-state index contributed by atoms with van der Waals surface area (Å²) in [6.07, 6.45) is -0.841. The number of ether oxygens (including phenoxy) is 2. The molecule has 0 radical (unpaired) electrons. The Morgan fingerprint density at radius 3 is 2.67 bits per heavy atom. The Hall–Kier alpha value is -2.71. The van der Waals surface area contributed by atoms with Crippen molar-refractivity contribution < 1.29 is 14.6 Å². The summed E-state index contributed by atoms with van der Waals surface area (Å²) in [5, 5.41) is 19.0. The van der Waals surface area contributed by atoms with Crippen molar-refractivity contribution in [2.24, 2.45) is 0 Å². The van der Waals surface area contributed by atoms with Crippen LogP contribution in [-0.4, -0.2) is 18.8 Å². The molecule has 0 aliphatic carbocycles. The fourth-order valence-corrected chi connectivity index (χ4v) is 1.93. The SMILES string of the molecule is COc1cc(C#N)ccc1OCC(O)c1ccccc1N. The van der Waals surface area contributed by atoms with E-state index < -0.39 is 6.10 Å². The van der Waals surface area contributed by atoms with Crippen LogP contribution in [-0.2, 0) is 0 Å². The summed E-state index contributed by atoms with van der Waals surface area (Å²) in [5.41, 5.74) is 7.42. The Labute approximate surface area is 123 Å². The number of hydrogen-bond acceptors (Lipinski definition) is 5. The van der Waals surface area contributed by atoms with Crippen molar-refractivity contribution in [2.45, 2.75) is 6.10 Å². The largest absolute Gasteiger partial charge is 0.493 e. The second-order valence-electron chi connectivity index (χ2n) is 4.43. The molecule has 0 fully saturated rings. The minimum absolute atomic E-state index is 0.0382. The molecule has 21 heavy (non-hydrogen) atoms. The first-order chi connectivity index (χ1) is 10.2. The van der Waals surface area contributed by atoms with Gasteiger partial charge in [0.05, 0.1) is 18.7 Å². The highest BCUT2D eigenvalue weighted by Crippen LogP contribution is 2.29. The van der Waals surface area contributed by atoms with Crippen LogP contribution in [0.15, 0.2) is 42.5 Å². The number of nitrogens with zero attached hydrogens (tertiary/aromatic N) is 1. The summed E-state index contributed by atoms with van der Waals surface area (Å²) < 4.78 is 10.7. The summed E-state index contributed by atoms with van der Waals surface area (Å²) in [4.78, 5) is 0. The van der Waals surface area contributed by atoms with Crippen LogP contribution in [0.1, 0.15) is 17.2 Å². The smallest absolute Gasteiger partial charge is 0.162 e. The van der Waals surface area contributed by atoms with E-state index in [1.54, 1.807) is 42.5 Å². The highest BCUT2D eigenvalue weighted by molar-refractivity contribution is 5.48. The Morgan fingerprint density at radius 1 is 1.24 bits per heavy atom. The maximum absolute atomic E-state index is 10.1. The molecule has 0 aliphatic rings. The van der Waals surface area contributed by atoms with Gasteiger partial charge in [0.2, 0.25) is 0 Å². The van der Waals surface area contributed by atoms with Gasteiger partial charge in [0.15, 0.2) is 11.5 Å². The number of methoxy groups -OCH3 is 1. The number of nitrogens with two attached hydrogens (primary N) is 1. The molecular weight excluding hydrogens is 268 g/mol. The van der Waals surface area contributed by atoms with Crippen LogP contribution in [0.5, 0.6) is 11.5 Å². The van der Waals surface area contributed by atoms with E-state index in [-0.39, 0.29) is 6.61 Å². The molecule has 0 saturated heterocycles. The average molecular weight is 284 g/mol. The highest BCUT2D eigenvalue weighted by Gasteiger charge is 2.13. The van der Waals surface area contributed by atoms with E-state index in [4.69, 9.17) is 20.5 Å². The number of nitriles is 1. The van der Waals surface area contributed by atoms with Crippen molar-refractivity contribution in [3.63, 3.8) is 0 Å². The van der Waals surface area contributed by atoms with Crippen molar-refractivity contribution >= 4 is 5.69 Å². The Balaban J connectivity index is 2.10. The summed E-state index contributed by atoms with van der Waals surface area (Å²) in [7, 11) is 1.50. The molecule has 2 aromatic rings. The van der Waals surface area contributed by atoms with E-state index >= 15 is 0 Å². The second-order valence-corrected chi connectivity index (χ2v) is 4.43. The molecule has 0 spiro atoms. The number of anilines is 1. The molecular formula is C16H16N2O3. The zero-order valence-electron chi connectivity index (χ0n) is 11.6. The number of rotatable bonds is 5. The van der Waals surface area contributed by atoms with Crippen LogP contribution in [0, 0.1) is 11.3 Å². The van der Waals surface area contributed by atoms with Crippen LogP contribution in [0.4, 0.5) is 5.69 Å². The molecule has 0 saturated carbocycles. The van der Waals surface area contributed by atoms with Gasteiger partial charge < -0.3 is 20.3 Å². The van der Waals surface area contributed by atoms with Gasteiger partial charge in [0.1, 0.15) is 12.7 Å². The summed E-state index contributed by atoms with van der Waals surface area (Å²) in [5.74, 6) is 0.910. The molecule has 5 heteroatoms. The number of aliphatic hydroxyl groups is 1. The Morgan fingerprint density at radius 2 is 2.00 bits per heavy atom. The molecule has 2 aromatic carbocycles. The first-order valence-electron chi connectivity index (χ1n) is 6.39. The minimum atomic E-state index is -0.841. The maximum Gasteiger partial charge on any atom is 0.162 e. The third-order valence-electron chi connectivity index (χ3n) is 3.04. The molecule has 2 rings (SSSR count). The third-order valence-corrected chi connectivity index (χ3v) is 3.04. The van der Waals surface area contributed by atoms with E-state index in [9.17, 15) is 5.11 Å². The van der Waals surface area contributed by atoms with E-state index in [1.807, 2.05) is 6.07 Å². The third kappa shape index (κ3) is 3.44. The Kier molecular flexibility index (Phi) is 4.64.